The molecule has 90 valence electrons. The van der Waals surface area contributed by atoms with Gasteiger partial charge in [-0.1, -0.05) is 18.2 Å². The summed E-state index contributed by atoms with van der Waals surface area (Å²) in [6.45, 7) is 2.65. The predicted octanol–water partition coefficient (Wildman–Crippen LogP) is 3.00. The standard InChI is InChI=1S/C13H16N2OS/c1-10(14-2)11-5-3-4-6-12(11)16-9-13-15-7-8-17-13/h3-8,10,14H,9H2,1-2H3. The average Bonchev–Trinajstić information content (AvgIpc) is 2.89. The summed E-state index contributed by atoms with van der Waals surface area (Å²) >= 11 is 1.61. The van der Waals surface area contributed by atoms with Crippen molar-refractivity contribution in [2.75, 3.05) is 7.05 Å². The maximum absolute atomic E-state index is 5.81. The highest BCUT2D eigenvalue weighted by molar-refractivity contribution is 7.09. The number of aromatic nitrogens is 1. The Morgan fingerprint density at radius 1 is 1.41 bits per heavy atom. The summed E-state index contributed by atoms with van der Waals surface area (Å²) in [7, 11) is 1.95. The molecule has 1 aromatic carbocycles. The van der Waals surface area contributed by atoms with Crippen LogP contribution in [0.2, 0.25) is 0 Å². The zero-order valence-corrected chi connectivity index (χ0v) is 10.8. The molecule has 3 nitrogen and oxygen atoms in total. The first-order valence-corrected chi connectivity index (χ1v) is 6.46. The van der Waals surface area contributed by atoms with Crippen molar-refractivity contribution >= 4 is 11.3 Å². The number of hydrogen-bond acceptors (Lipinski definition) is 4. The number of nitrogens with zero attached hydrogens (tertiary/aromatic N) is 1. The third-order valence-corrected chi connectivity index (χ3v) is 3.41. The minimum absolute atomic E-state index is 0.280. The summed E-state index contributed by atoms with van der Waals surface area (Å²) < 4.78 is 5.81. The van der Waals surface area contributed by atoms with Gasteiger partial charge in [0.2, 0.25) is 0 Å². The summed E-state index contributed by atoms with van der Waals surface area (Å²) in [4.78, 5) is 4.20. The number of ether oxygens (including phenoxy) is 1. The first kappa shape index (κ1) is 12.1. The lowest BCUT2D eigenvalue weighted by molar-refractivity contribution is 0.299. The lowest BCUT2D eigenvalue weighted by atomic mass is 10.1. The molecule has 0 aliphatic carbocycles. The maximum atomic E-state index is 5.81. The largest absolute Gasteiger partial charge is 0.486 e. The first-order valence-electron chi connectivity index (χ1n) is 5.58. The van der Waals surface area contributed by atoms with E-state index in [1.54, 1.807) is 17.5 Å². The van der Waals surface area contributed by atoms with E-state index < -0.39 is 0 Å². The van der Waals surface area contributed by atoms with Gasteiger partial charge in [0.1, 0.15) is 17.4 Å². The zero-order valence-electron chi connectivity index (χ0n) is 10.0. The fourth-order valence-corrected chi connectivity index (χ4v) is 2.12. The van der Waals surface area contributed by atoms with Crippen LogP contribution in [-0.4, -0.2) is 12.0 Å². The van der Waals surface area contributed by atoms with Crippen LogP contribution >= 0.6 is 11.3 Å². The van der Waals surface area contributed by atoms with Gasteiger partial charge < -0.3 is 10.1 Å². The van der Waals surface area contributed by atoms with Crippen molar-refractivity contribution in [1.29, 1.82) is 0 Å². The highest BCUT2D eigenvalue weighted by Crippen LogP contribution is 2.25. The zero-order chi connectivity index (χ0) is 12.1. The molecule has 0 fully saturated rings. The minimum Gasteiger partial charge on any atom is -0.486 e. The summed E-state index contributed by atoms with van der Waals surface area (Å²) in [5, 5.41) is 6.18. The molecule has 2 rings (SSSR count). The van der Waals surface area contributed by atoms with Crippen LogP contribution in [0.1, 0.15) is 23.5 Å². The molecule has 1 unspecified atom stereocenters. The number of hydrogen-bond donors (Lipinski definition) is 1. The van der Waals surface area contributed by atoms with Crippen molar-refractivity contribution in [1.82, 2.24) is 10.3 Å². The molecule has 0 saturated heterocycles. The van der Waals surface area contributed by atoms with Crippen molar-refractivity contribution in [3.8, 4) is 5.75 Å². The Labute approximate surface area is 105 Å². The first-order chi connectivity index (χ1) is 8.31. The lowest BCUT2D eigenvalue weighted by Gasteiger charge is -2.15. The topological polar surface area (TPSA) is 34.1 Å². The van der Waals surface area contributed by atoms with Crippen LogP contribution in [0.4, 0.5) is 0 Å². The minimum atomic E-state index is 0.280. The van der Waals surface area contributed by atoms with Gasteiger partial charge in [-0.3, -0.25) is 0 Å². The van der Waals surface area contributed by atoms with Crippen molar-refractivity contribution < 1.29 is 4.74 Å². The number of benzene rings is 1. The molecule has 0 amide bonds. The highest BCUT2D eigenvalue weighted by Gasteiger charge is 2.09. The summed E-state index contributed by atoms with van der Waals surface area (Å²) in [6, 6.07) is 8.37. The molecular formula is C13H16N2OS. The molecule has 1 N–H and O–H groups in total. The lowest BCUT2D eigenvalue weighted by Crippen LogP contribution is -2.13. The summed E-state index contributed by atoms with van der Waals surface area (Å²) in [5.74, 6) is 0.921. The van der Waals surface area contributed by atoms with E-state index >= 15 is 0 Å². The van der Waals surface area contributed by atoms with Gasteiger partial charge in [0, 0.05) is 23.2 Å². The maximum Gasteiger partial charge on any atom is 0.140 e. The fraction of sp³-hybridized carbons (Fsp3) is 0.308. The molecule has 17 heavy (non-hydrogen) atoms. The molecule has 0 aliphatic rings. The van der Waals surface area contributed by atoms with E-state index in [0.29, 0.717) is 6.61 Å². The Morgan fingerprint density at radius 2 is 2.24 bits per heavy atom. The second-order valence-corrected chi connectivity index (χ2v) is 4.74. The third-order valence-electron chi connectivity index (χ3n) is 2.65. The predicted molar refractivity (Wildman–Crippen MR) is 70.4 cm³/mol. The van der Waals surface area contributed by atoms with Crippen LogP contribution in [-0.2, 0) is 6.61 Å². The Morgan fingerprint density at radius 3 is 2.94 bits per heavy atom. The Balaban J connectivity index is 2.09. The fourth-order valence-electron chi connectivity index (χ4n) is 1.59. The van der Waals surface area contributed by atoms with Gasteiger partial charge in [0.15, 0.2) is 0 Å². The molecule has 0 bridgehead atoms. The number of nitrogens with one attached hydrogen (secondary N) is 1. The van der Waals surface area contributed by atoms with E-state index in [0.717, 1.165) is 10.8 Å². The van der Waals surface area contributed by atoms with Crippen LogP contribution in [0, 0.1) is 0 Å². The molecular weight excluding hydrogens is 232 g/mol. The molecule has 4 heteroatoms. The van der Waals surface area contributed by atoms with Gasteiger partial charge in [-0.05, 0) is 20.0 Å². The van der Waals surface area contributed by atoms with Crippen molar-refractivity contribution in [3.63, 3.8) is 0 Å². The normalized spacial score (nSPS) is 12.4. The third kappa shape index (κ3) is 3.05. The molecule has 0 aliphatic heterocycles. The Hall–Kier alpha value is -1.39. The van der Waals surface area contributed by atoms with E-state index in [1.165, 1.54) is 5.56 Å². The quantitative estimate of drug-likeness (QED) is 0.883. The molecule has 1 heterocycles. The Kier molecular flexibility index (Phi) is 4.12. The van der Waals surface area contributed by atoms with Gasteiger partial charge in [0.25, 0.3) is 0 Å². The van der Waals surface area contributed by atoms with Gasteiger partial charge in [0.05, 0.1) is 0 Å². The van der Waals surface area contributed by atoms with Gasteiger partial charge in [-0.15, -0.1) is 11.3 Å². The molecule has 0 saturated carbocycles. The molecule has 0 spiro atoms. The van der Waals surface area contributed by atoms with Crippen LogP contribution in [0.5, 0.6) is 5.75 Å². The average molecular weight is 248 g/mol. The second kappa shape index (κ2) is 5.80. The van der Waals surface area contributed by atoms with Crippen molar-refractivity contribution in [2.45, 2.75) is 19.6 Å². The summed E-state index contributed by atoms with van der Waals surface area (Å²) in [6.07, 6.45) is 1.80. The molecule has 2 aromatic rings. The molecule has 1 atom stereocenters. The molecule has 0 radical (unpaired) electrons. The van der Waals surface area contributed by atoms with Gasteiger partial charge in [-0.25, -0.2) is 4.98 Å². The van der Waals surface area contributed by atoms with E-state index in [1.807, 2.05) is 30.6 Å². The number of thiazole rings is 1. The highest BCUT2D eigenvalue weighted by atomic mass is 32.1. The number of rotatable bonds is 5. The SMILES string of the molecule is CNC(C)c1ccccc1OCc1nccs1. The van der Waals surface area contributed by atoms with Crippen molar-refractivity contribution in [3.05, 3.63) is 46.4 Å². The van der Waals surface area contributed by atoms with Crippen LogP contribution in [0.25, 0.3) is 0 Å². The van der Waals surface area contributed by atoms with Gasteiger partial charge >= 0.3 is 0 Å². The van der Waals surface area contributed by atoms with Gasteiger partial charge in [-0.2, -0.15) is 0 Å². The van der Waals surface area contributed by atoms with E-state index in [4.69, 9.17) is 4.74 Å². The Bertz CT molecular complexity index is 456. The van der Waals surface area contributed by atoms with Crippen LogP contribution in [0.3, 0.4) is 0 Å². The van der Waals surface area contributed by atoms with Crippen molar-refractivity contribution in [2.24, 2.45) is 0 Å². The van der Waals surface area contributed by atoms with Crippen LogP contribution < -0.4 is 10.1 Å². The van der Waals surface area contributed by atoms with Crippen LogP contribution in [0.15, 0.2) is 35.8 Å². The monoisotopic (exact) mass is 248 g/mol. The van der Waals surface area contributed by atoms with E-state index in [-0.39, 0.29) is 6.04 Å². The molecule has 1 aromatic heterocycles. The number of para-hydroxylation sites is 1. The summed E-state index contributed by atoms with van der Waals surface area (Å²) in [5.41, 5.74) is 1.17. The van der Waals surface area contributed by atoms with E-state index in [9.17, 15) is 0 Å². The smallest absolute Gasteiger partial charge is 0.140 e. The second-order valence-electron chi connectivity index (χ2n) is 3.76. The van der Waals surface area contributed by atoms with E-state index in [2.05, 4.69) is 23.3 Å².